The van der Waals surface area contributed by atoms with Gasteiger partial charge in [0.05, 0.1) is 13.0 Å². The molecule has 0 aliphatic carbocycles. The number of methoxy groups -OCH3 is 1. The number of nitrogens with one attached hydrogen (secondary N) is 2. The molecule has 128 valence electrons. The lowest BCUT2D eigenvalue weighted by atomic mass is 9.81. The fourth-order valence-corrected chi connectivity index (χ4v) is 3.64. The van der Waals surface area contributed by atoms with Crippen LogP contribution in [0.3, 0.4) is 0 Å². The van der Waals surface area contributed by atoms with Gasteiger partial charge in [-0.2, -0.15) is 0 Å². The van der Waals surface area contributed by atoms with E-state index in [0.717, 1.165) is 36.9 Å². The molecule has 3 rings (SSSR count). The number of hydrogen-bond acceptors (Lipinski definition) is 5. The Morgan fingerprint density at radius 1 is 1.25 bits per heavy atom. The number of hydrogen-bond donors (Lipinski definition) is 2. The summed E-state index contributed by atoms with van der Waals surface area (Å²) in [7, 11) is 1.57. The number of benzene rings is 1. The molecule has 2 amide bonds. The van der Waals surface area contributed by atoms with Gasteiger partial charge in [0.2, 0.25) is 11.8 Å². The molecule has 0 radical (unpaired) electrons. The molecule has 1 aromatic carbocycles. The maximum absolute atomic E-state index is 12.1. The first-order chi connectivity index (χ1) is 11.6. The first kappa shape index (κ1) is 16.6. The van der Waals surface area contributed by atoms with Crippen LogP contribution in [0.2, 0.25) is 0 Å². The van der Waals surface area contributed by atoms with Gasteiger partial charge in [-0.1, -0.05) is 12.1 Å². The summed E-state index contributed by atoms with van der Waals surface area (Å²) in [6.45, 7) is 1.61. The van der Waals surface area contributed by atoms with Crippen LogP contribution in [0.15, 0.2) is 18.2 Å². The van der Waals surface area contributed by atoms with Crippen molar-refractivity contribution in [3.8, 4) is 5.75 Å². The van der Waals surface area contributed by atoms with E-state index >= 15 is 0 Å². The van der Waals surface area contributed by atoms with E-state index in [-0.39, 0.29) is 29.6 Å². The molecule has 2 saturated heterocycles. The highest BCUT2D eigenvalue weighted by Crippen LogP contribution is 2.36. The maximum Gasteiger partial charge on any atom is 0.234 e. The molecule has 2 heterocycles. The fraction of sp³-hybridized carbons (Fsp3) is 0.500. The number of amides is 2. The second-order valence-corrected chi connectivity index (χ2v) is 6.40. The van der Waals surface area contributed by atoms with Crippen LogP contribution in [0, 0.1) is 5.92 Å². The molecule has 3 atom stereocenters. The SMILES string of the molecule is COc1cc(C2CNCCC2C=O)ccc1C1CCC(=O)NC1=O. The number of ether oxygens (including phenoxy) is 1. The number of aldehydes is 1. The van der Waals surface area contributed by atoms with E-state index in [2.05, 4.69) is 10.6 Å². The van der Waals surface area contributed by atoms with Crippen molar-refractivity contribution >= 4 is 18.1 Å². The molecule has 0 saturated carbocycles. The monoisotopic (exact) mass is 330 g/mol. The van der Waals surface area contributed by atoms with Gasteiger partial charge >= 0.3 is 0 Å². The number of piperidine rings is 2. The molecule has 2 aliphatic rings. The molecule has 1 aromatic rings. The zero-order valence-electron chi connectivity index (χ0n) is 13.7. The van der Waals surface area contributed by atoms with Crippen LogP contribution < -0.4 is 15.4 Å². The van der Waals surface area contributed by atoms with Crippen molar-refractivity contribution in [3.05, 3.63) is 29.3 Å². The largest absolute Gasteiger partial charge is 0.496 e. The van der Waals surface area contributed by atoms with E-state index in [1.54, 1.807) is 7.11 Å². The predicted octanol–water partition coefficient (Wildman–Crippen LogP) is 1.11. The minimum atomic E-state index is -0.377. The molecule has 6 nitrogen and oxygen atoms in total. The van der Waals surface area contributed by atoms with Crippen molar-refractivity contribution in [3.63, 3.8) is 0 Å². The molecule has 24 heavy (non-hydrogen) atoms. The summed E-state index contributed by atoms with van der Waals surface area (Å²) >= 11 is 0. The summed E-state index contributed by atoms with van der Waals surface area (Å²) < 4.78 is 5.50. The Balaban J connectivity index is 1.89. The van der Waals surface area contributed by atoms with E-state index in [1.165, 1.54) is 0 Å². The lowest BCUT2D eigenvalue weighted by Crippen LogP contribution is -2.39. The normalized spacial score (nSPS) is 27.5. The minimum absolute atomic E-state index is 0.00240. The first-order valence-corrected chi connectivity index (χ1v) is 8.31. The summed E-state index contributed by atoms with van der Waals surface area (Å²) in [4.78, 5) is 34.8. The van der Waals surface area contributed by atoms with Crippen LogP contribution in [0.1, 0.15) is 42.2 Å². The third-order valence-electron chi connectivity index (χ3n) is 5.01. The van der Waals surface area contributed by atoms with Crippen LogP contribution >= 0.6 is 0 Å². The molecule has 2 aliphatic heterocycles. The van der Waals surface area contributed by atoms with Crippen molar-refractivity contribution in [2.75, 3.05) is 20.2 Å². The number of carbonyl (C=O) groups is 3. The van der Waals surface area contributed by atoms with Gasteiger partial charge in [0.1, 0.15) is 12.0 Å². The molecule has 2 N–H and O–H groups in total. The zero-order chi connectivity index (χ0) is 17.1. The molecule has 6 heteroatoms. The Bertz CT molecular complexity index is 658. The lowest BCUT2D eigenvalue weighted by Gasteiger charge is -2.30. The van der Waals surface area contributed by atoms with Crippen LogP contribution in [-0.4, -0.2) is 38.3 Å². The number of rotatable bonds is 4. The maximum atomic E-state index is 12.1. The van der Waals surface area contributed by atoms with Crippen LogP contribution in [-0.2, 0) is 14.4 Å². The van der Waals surface area contributed by atoms with E-state index in [1.807, 2.05) is 18.2 Å². The Hall–Kier alpha value is -2.21. The second kappa shape index (κ2) is 7.13. The third kappa shape index (κ3) is 3.19. The van der Waals surface area contributed by atoms with Gasteiger partial charge in [0.25, 0.3) is 0 Å². The molecular formula is C18H22N2O4. The first-order valence-electron chi connectivity index (χ1n) is 8.31. The highest BCUT2D eigenvalue weighted by atomic mass is 16.5. The summed E-state index contributed by atoms with van der Waals surface area (Å²) in [6, 6.07) is 5.79. The van der Waals surface area contributed by atoms with Crippen molar-refractivity contribution < 1.29 is 19.1 Å². The highest BCUT2D eigenvalue weighted by Gasteiger charge is 2.31. The average Bonchev–Trinajstić information content (AvgIpc) is 2.61. The summed E-state index contributed by atoms with van der Waals surface area (Å²) in [5.41, 5.74) is 1.82. The second-order valence-electron chi connectivity index (χ2n) is 6.40. The van der Waals surface area contributed by atoms with E-state index in [4.69, 9.17) is 4.74 Å². The van der Waals surface area contributed by atoms with E-state index in [0.29, 0.717) is 18.6 Å². The van der Waals surface area contributed by atoms with Crippen molar-refractivity contribution in [1.82, 2.24) is 10.6 Å². The van der Waals surface area contributed by atoms with Gasteiger partial charge in [-0.3, -0.25) is 14.9 Å². The average molecular weight is 330 g/mol. The molecule has 0 spiro atoms. The molecule has 0 bridgehead atoms. The van der Waals surface area contributed by atoms with Gasteiger partial charge in [-0.05, 0) is 31.0 Å². The lowest BCUT2D eigenvalue weighted by molar-refractivity contribution is -0.134. The Labute approximate surface area is 140 Å². The standard InChI is InChI=1S/C18H22N2O4/c1-24-16-8-11(15-9-19-7-6-12(15)10-21)2-3-13(16)14-4-5-17(22)20-18(14)23/h2-3,8,10,12,14-15,19H,4-7,9H2,1H3,(H,20,22,23). The van der Waals surface area contributed by atoms with Crippen LogP contribution in [0.4, 0.5) is 0 Å². The molecule has 3 unspecified atom stereocenters. The van der Waals surface area contributed by atoms with Gasteiger partial charge in [0.15, 0.2) is 0 Å². The van der Waals surface area contributed by atoms with Gasteiger partial charge in [-0.15, -0.1) is 0 Å². The number of imide groups is 1. The van der Waals surface area contributed by atoms with Crippen molar-refractivity contribution in [2.45, 2.75) is 31.1 Å². The molecule has 2 fully saturated rings. The Morgan fingerprint density at radius 3 is 2.79 bits per heavy atom. The smallest absolute Gasteiger partial charge is 0.234 e. The Morgan fingerprint density at radius 2 is 2.08 bits per heavy atom. The molecular weight excluding hydrogens is 308 g/mol. The summed E-state index contributed by atoms with van der Waals surface area (Å²) in [6.07, 6.45) is 2.68. The van der Waals surface area contributed by atoms with Crippen LogP contribution in [0.25, 0.3) is 0 Å². The van der Waals surface area contributed by atoms with Crippen molar-refractivity contribution in [2.24, 2.45) is 5.92 Å². The molecule has 0 aromatic heterocycles. The topological polar surface area (TPSA) is 84.5 Å². The fourth-order valence-electron chi connectivity index (χ4n) is 3.64. The third-order valence-corrected chi connectivity index (χ3v) is 5.01. The van der Waals surface area contributed by atoms with Gasteiger partial charge < -0.3 is 14.8 Å². The Kier molecular flexibility index (Phi) is 4.94. The van der Waals surface area contributed by atoms with Crippen molar-refractivity contribution in [1.29, 1.82) is 0 Å². The summed E-state index contributed by atoms with van der Waals surface area (Å²) in [5, 5.41) is 5.71. The summed E-state index contributed by atoms with van der Waals surface area (Å²) in [5.74, 6) is -0.134. The predicted molar refractivity (Wildman–Crippen MR) is 87.9 cm³/mol. The van der Waals surface area contributed by atoms with Crippen LogP contribution in [0.5, 0.6) is 5.75 Å². The van der Waals surface area contributed by atoms with Gasteiger partial charge in [-0.25, -0.2) is 0 Å². The highest BCUT2D eigenvalue weighted by molar-refractivity contribution is 6.01. The zero-order valence-corrected chi connectivity index (χ0v) is 13.7. The minimum Gasteiger partial charge on any atom is -0.496 e. The quantitative estimate of drug-likeness (QED) is 0.638. The van der Waals surface area contributed by atoms with E-state index < -0.39 is 0 Å². The number of carbonyl (C=O) groups excluding carboxylic acids is 3. The van der Waals surface area contributed by atoms with Gasteiger partial charge in [0, 0.05) is 30.4 Å². The van der Waals surface area contributed by atoms with E-state index in [9.17, 15) is 14.4 Å².